The molecule has 1 saturated heterocycles. The van der Waals surface area contributed by atoms with Crippen molar-refractivity contribution in [2.24, 2.45) is 7.05 Å². The van der Waals surface area contributed by atoms with E-state index in [0.29, 0.717) is 13.2 Å². The number of carbonyl (C=O) groups is 1. The van der Waals surface area contributed by atoms with E-state index in [1.165, 1.54) is 10.9 Å². The molecule has 0 bridgehead atoms. The van der Waals surface area contributed by atoms with Gasteiger partial charge in [0.15, 0.2) is 5.69 Å². The number of rotatable bonds is 4. The molecule has 0 saturated carbocycles. The van der Waals surface area contributed by atoms with Gasteiger partial charge in [0.1, 0.15) is 12.1 Å². The summed E-state index contributed by atoms with van der Waals surface area (Å²) in [5, 5.41) is 20.3. The average Bonchev–Trinajstić information content (AvgIpc) is 3.17. The van der Waals surface area contributed by atoms with Crippen molar-refractivity contribution in [3.05, 3.63) is 35.9 Å². The SMILES string of the molecule is Cn1cccc1CNC(=O)c1cn([C@@H]2COC[C@H]2O)nn1. The largest absolute Gasteiger partial charge is 0.388 e. The van der Waals surface area contributed by atoms with Crippen LogP contribution in [0.15, 0.2) is 24.5 Å². The third-order valence-corrected chi connectivity index (χ3v) is 3.59. The van der Waals surface area contributed by atoms with Crippen LogP contribution in [0.1, 0.15) is 22.2 Å². The van der Waals surface area contributed by atoms with Crippen molar-refractivity contribution in [1.29, 1.82) is 0 Å². The molecule has 112 valence electrons. The van der Waals surface area contributed by atoms with E-state index >= 15 is 0 Å². The van der Waals surface area contributed by atoms with Crippen LogP contribution in [0.5, 0.6) is 0 Å². The van der Waals surface area contributed by atoms with Gasteiger partial charge in [-0.2, -0.15) is 0 Å². The summed E-state index contributed by atoms with van der Waals surface area (Å²) < 4.78 is 8.58. The number of aliphatic hydroxyl groups excluding tert-OH is 1. The minimum Gasteiger partial charge on any atom is -0.388 e. The highest BCUT2D eigenvalue weighted by Crippen LogP contribution is 2.18. The molecule has 2 N–H and O–H groups in total. The first-order valence-corrected chi connectivity index (χ1v) is 6.71. The molecule has 21 heavy (non-hydrogen) atoms. The number of carbonyl (C=O) groups excluding carboxylic acids is 1. The first-order valence-electron chi connectivity index (χ1n) is 6.71. The number of aromatic nitrogens is 4. The Morgan fingerprint density at radius 1 is 1.57 bits per heavy atom. The number of aryl methyl sites for hydroxylation is 1. The number of hydrogen-bond donors (Lipinski definition) is 2. The lowest BCUT2D eigenvalue weighted by molar-refractivity contribution is 0.0944. The molecule has 0 spiro atoms. The zero-order valence-electron chi connectivity index (χ0n) is 11.6. The van der Waals surface area contributed by atoms with Gasteiger partial charge in [0.25, 0.3) is 5.91 Å². The Morgan fingerprint density at radius 3 is 3.10 bits per heavy atom. The number of amides is 1. The first-order chi connectivity index (χ1) is 10.1. The smallest absolute Gasteiger partial charge is 0.273 e. The fourth-order valence-corrected chi connectivity index (χ4v) is 2.27. The monoisotopic (exact) mass is 291 g/mol. The minimum absolute atomic E-state index is 0.225. The molecular formula is C13H17N5O3. The highest BCUT2D eigenvalue weighted by Gasteiger charge is 2.29. The predicted octanol–water partition coefficient (Wildman–Crippen LogP) is -0.521. The van der Waals surface area contributed by atoms with Gasteiger partial charge >= 0.3 is 0 Å². The molecular weight excluding hydrogens is 274 g/mol. The van der Waals surface area contributed by atoms with Crippen molar-refractivity contribution in [1.82, 2.24) is 24.9 Å². The van der Waals surface area contributed by atoms with Gasteiger partial charge in [-0.1, -0.05) is 5.21 Å². The fourth-order valence-electron chi connectivity index (χ4n) is 2.27. The maximum absolute atomic E-state index is 12.0. The van der Waals surface area contributed by atoms with Gasteiger partial charge in [0, 0.05) is 18.9 Å². The Labute approximate surface area is 121 Å². The van der Waals surface area contributed by atoms with E-state index in [-0.39, 0.29) is 24.2 Å². The molecule has 0 unspecified atom stereocenters. The van der Waals surface area contributed by atoms with Crippen LogP contribution in [-0.2, 0) is 18.3 Å². The molecule has 0 aliphatic carbocycles. The fraction of sp³-hybridized carbons (Fsp3) is 0.462. The maximum atomic E-state index is 12.0. The van der Waals surface area contributed by atoms with Crippen molar-refractivity contribution in [2.45, 2.75) is 18.7 Å². The molecule has 8 heteroatoms. The Balaban J connectivity index is 1.63. The normalized spacial score (nSPS) is 21.6. The molecule has 1 aliphatic heterocycles. The van der Waals surface area contributed by atoms with Crippen LogP contribution >= 0.6 is 0 Å². The van der Waals surface area contributed by atoms with Crippen molar-refractivity contribution in [3.63, 3.8) is 0 Å². The van der Waals surface area contributed by atoms with Crippen LogP contribution in [0, 0.1) is 0 Å². The van der Waals surface area contributed by atoms with Gasteiger partial charge in [0.2, 0.25) is 0 Å². The molecule has 1 amide bonds. The second-order valence-electron chi connectivity index (χ2n) is 5.05. The predicted molar refractivity (Wildman–Crippen MR) is 72.5 cm³/mol. The Hall–Kier alpha value is -2.19. The summed E-state index contributed by atoms with van der Waals surface area (Å²) >= 11 is 0. The summed E-state index contributed by atoms with van der Waals surface area (Å²) in [6.07, 6.45) is 2.83. The van der Waals surface area contributed by atoms with E-state index in [4.69, 9.17) is 4.74 Å². The van der Waals surface area contributed by atoms with E-state index < -0.39 is 6.10 Å². The lowest BCUT2D eigenvalue weighted by Crippen LogP contribution is -2.24. The van der Waals surface area contributed by atoms with Gasteiger partial charge in [-0.05, 0) is 12.1 Å². The third-order valence-electron chi connectivity index (χ3n) is 3.59. The van der Waals surface area contributed by atoms with Crippen LogP contribution in [0.3, 0.4) is 0 Å². The highest BCUT2D eigenvalue weighted by molar-refractivity contribution is 5.91. The Kier molecular flexibility index (Phi) is 3.72. The average molecular weight is 291 g/mol. The summed E-state index contributed by atoms with van der Waals surface area (Å²) in [7, 11) is 1.92. The van der Waals surface area contributed by atoms with Gasteiger partial charge in [0.05, 0.1) is 26.0 Å². The topological polar surface area (TPSA) is 94.2 Å². The van der Waals surface area contributed by atoms with Crippen LogP contribution < -0.4 is 5.32 Å². The lowest BCUT2D eigenvalue weighted by atomic mass is 10.2. The Morgan fingerprint density at radius 2 is 2.43 bits per heavy atom. The summed E-state index contributed by atoms with van der Waals surface area (Å²) in [4.78, 5) is 12.0. The standard InChI is InChI=1S/C13H17N5O3/c1-17-4-2-3-9(17)5-14-13(20)10-6-18(16-15-10)11-7-21-8-12(11)19/h2-4,6,11-12,19H,5,7-8H2,1H3,(H,14,20)/t11-,12-/m1/s1. The third kappa shape index (κ3) is 2.81. The van der Waals surface area contributed by atoms with Crippen molar-refractivity contribution >= 4 is 5.91 Å². The van der Waals surface area contributed by atoms with E-state index in [1.54, 1.807) is 0 Å². The Bertz CT molecular complexity index is 635. The van der Waals surface area contributed by atoms with Crippen molar-refractivity contribution < 1.29 is 14.6 Å². The van der Waals surface area contributed by atoms with Gasteiger partial charge in [-0.25, -0.2) is 4.68 Å². The summed E-state index contributed by atoms with van der Waals surface area (Å²) in [5.41, 5.74) is 1.22. The number of hydrogen-bond acceptors (Lipinski definition) is 5. The second kappa shape index (κ2) is 5.66. The van der Waals surface area contributed by atoms with E-state index in [2.05, 4.69) is 15.6 Å². The molecule has 1 fully saturated rings. The zero-order valence-corrected chi connectivity index (χ0v) is 11.6. The molecule has 3 rings (SSSR count). The molecule has 2 aromatic heterocycles. The molecule has 8 nitrogen and oxygen atoms in total. The molecule has 0 radical (unpaired) electrons. The minimum atomic E-state index is -0.619. The van der Waals surface area contributed by atoms with Gasteiger partial charge in [-0.15, -0.1) is 5.10 Å². The van der Waals surface area contributed by atoms with Crippen LogP contribution in [0.2, 0.25) is 0 Å². The number of ether oxygens (including phenoxy) is 1. The molecule has 2 aromatic rings. The van der Waals surface area contributed by atoms with Crippen LogP contribution in [0.4, 0.5) is 0 Å². The first kappa shape index (κ1) is 13.8. The summed E-state index contributed by atoms with van der Waals surface area (Å²) in [6.45, 7) is 1.07. The molecule has 2 atom stereocenters. The van der Waals surface area contributed by atoms with Crippen molar-refractivity contribution in [2.75, 3.05) is 13.2 Å². The number of nitrogens with zero attached hydrogens (tertiary/aromatic N) is 4. The zero-order chi connectivity index (χ0) is 14.8. The van der Waals surface area contributed by atoms with Gasteiger partial charge in [-0.3, -0.25) is 4.79 Å². The van der Waals surface area contributed by atoms with E-state index in [1.807, 2.05) is 29.9 Å². The van der Waals surface area contributed by atoms with E-state index in [0.717, 1.165) is 5.69 Å². The lowest BCUT2D eigenvalue weighted by Gasteiger charge is -2.10. The van der Waals surface area contributed by atoms with E-state index in [9.17, 15) is 9.90 Å². The highest BCUT2D eigenvalue weighted by atomic mass is 16.5. The molecule has 1 aliphatic rings. The van der Waals surface area contributed by atoms with Crippen LogP contribution in [-0.4, -0.2) is 49.9 Å². The van der Waals surface area contributed by atoms with Gasteiger partial charge < -0.3 is 19.7 Å². The molecule has 3 heterocycles. The quantitative estimate of drug-likeness (QED) is 0.790. The maximum Gasteiger partial charge on any atom is 0.273 e. The van der Waals surface area contributed by atoms with Crippen molar-refractivity contribution in [3.8, 4) is 0 Å². The molecule has 0 aromatic carbocycles. The number of aliphatic hydroxyl groups is 1. The summed E-state index contributed by atoms with van der Waals surface area (Å²) in [5.74, 6) is -0.296. The number of nitrogens with one attached hydrogen (secondary N) is 1. The summed E-state index contributed by atoms with van der Waals surface area (Å²) in [6, 6.07) is 3.56. The second-order valence-corrected chi connectivity index (χ2v) is 5.05. The van der Waals surface area contributed by atoms with Crippen LogP contribution in [0.25, 0.3) is 0 Å².